The molecule has 0 radical (unpaired) electrons. The highest BCUT2D eigenvalue weighted by Crippen LogP contribution is 2.39. The van der Waals surface area contributed by atoms with E-state index in [0.29, 0.717) is 16.3 Å². The van der Waals surface area contributed by atoms with Gasteiger partial charge in [0.15, 0.2) is 10.6 Å². The van der Waals surface area contributed by atoms with Crippen LogP contribution in [0.2, 0.25) is 0 Å². The van der Waals surface area contributed by atoms with Gasteiger partial charge in [-0.1, -0.05) is 18.2 Å². The van der Waals surface area contributed by atoms with Gasteiger partial charge in [-0.25, -0.2) is 4.98 Å². The van der Waals surface area contributed by atoms with E-state index in [0.717, 1.165) is 20.8 Å². The van der Waals surface area contributed by atoms with E-state index in [9.17, 15) is 0 Å². The number of nitrogen functional groups attached to an aromatic ring is 1. The van der Waals surface area contributed by atoms with Crippen LogP contribution >= 0.6 is 23.6 Å². The average Bonchev–Trinajstić information content (AvgIpc) is 3.09. The lowest BCUT2D eigenvalue weighted by Gasteiger charge is -2.05. The van der Waals surface area contributed by atoms with Crippen molar-refractivity contribution in [2.45, 2.75) is 0 Å². The lowest BCUT2D eigenvalue weighted by molar-refractivity contribution is 1.04. The Hall–Kier alpha value is -2.51. The highest BCUT2D eigenvalue weighted by Gasteiger charge is 2.18. The summed E-state index contributed by atoms with van der Waals surface area (Å²) in [4.78, 5) is 6.12. The van der Waals surface area contributed by atoms with Gasteiger partial charge in [-0.05, 0) is 36.5 Å². The van der Waals surface area contributed by atoms with Gasteiger partial charge in [0.25, 0.3) is 0 Å². The van der Waals surface area contributed by atoms with Gasteiger partial charge in [0.1, 0.15) is 4.83 Å². The lowest BCUT2D eigenvalue weighted by Crippen LogP contribution is -1.97. The first-order chi connectivity index (χ1) is 10.8. The number of pyridine rings is 1. The normalized spacial score (nSPS) is 11.1. The number of nitrogens with two attached hydrogens (primary N) is 1. The van der Waals surface area contributed by atoms with Gasteiger partial charge < -0.3 is 5.73 Å². The minimum Gasteiger partial charge on any atom is -0.397 e. The smallest absolute Gasteiger partial charge is 0.200 e. The topological polar surface area (TPSA) is 72.5 Å². The molecule has 0 spiro atoms. The molecule has 0 saturated heterocycles. The minimum atomic E-state index is 0.533. The summed E-state index contributed by atoms with van der Waals surface area (Å²) in [5.41, 5.74) is 7.92. The molecule has 1 aromatic carbocycles. The maximum atomic E-state index is 6.30. The molecule has 0 bridgehead atoms. The summed E-state index contributed by atoms with van der Waals surface area (Å²) in [6, 6.07) is 13.7. The second-order valence-corrected chi connectivity index (χ2v) is 6.11. The fraction of sp³-hybridized carbons (Fsp3) is 0. The first-order valence-electron chi connectivity index (χ1n) is 6.62. The summed E-state index contributed by atoms with van der Waals surface area (Å²) < 4.78 is 2.42. The molecule has 3 heterocycles. The number of nitrogens with zero attached hydrogens (tertiary/aromatic N) is 3. The van der Waals surface area contributed by atoms with E-state index >= 15 is 0 Å². The minimum absolute atomic E-state index is 0.533. The number of nitrogens with one attached hydrogen (secondary N) is 1. The molecule has 5 nitrogen and oxygen atoms in total. The van der Waals surface area contributed by atoms with Crippen LogP contribution in [0.3, 0.4) is 0 Å². The summed E-state index contributed by atoms with van der Waals surface area (Å²) >= 11 is 6.89. The van der Waals surface area contributed by atoms with Crippen molar-refractivity contribution >= 4 is 39.5 Å². The van der Waals surface area contributed by atoms with Crippen LogP contribution in [-0.2, 0) is 0 Å². The fourth-order valence-electron chi connectivity index (χ4n) is 2.38. The van der Waals surface area contributed by atoms with Crippen LogP contribution in [0.5, 0.6) is 0 Å². The van der Waals surface area contributed by atoms with Crippen LogP contribution in [0.15, 0.2) is 48.7 Å². The van der Waals surface area contributed by atoms with Crippen molar-refractivity contribution in [3.8, 4) is 16.4 Å². The number of H-pyrrole nitrogens is 1. The summed E-state index contributed by atoms with van der Waals surface area (Å²) in [6.07, 6.45) is 1.76. The molecule has 4 aromatic rings. The van der Waals surface area contributed by atoms with E-state index in [2.05, 4.69) is 15.2 Å². The number of hydrogen-bond acceptors (Lipinski definition) is 5. The van der Waals surface area contributed by atoms with Crippen molar-refractivity contribution in [1.82, 2.24) is 19.7 Å². The lowest BCUT2D eigenvalue weighted by atomic mass is 10.2. The molecule has 22 heavy (non-hydrogen) atoms. The van der Waals surface area contributed by atoms with Crippen molar-refractivity contribution in [2.75, 3.05) is 5.73 Å². The van der Waals surface area contributed by atoms with Crippen LogP contribution in [0.1, 0.15) is 0 Å². The molecule has 0 amide bonds. The molecule has 0 atom stereocenters. The van der Waals surface area contributed by atoms with Gasteiger partial charge in [-0.3, -0.25) is 9.67 Å². The number of rotatable bonds is 2. The van der Waals surface area contributed by atoms with Crippen LogP contribution in [-0.4, -0.2) is 19.7 Å². The fourth-order valence-corrected chi connectivity index (χ4v) is 3.66. The summed E-state index contributed by atoms with van der Waals surface area (Å²) in [5.74, 6) is 0.705. The third kappa shape index (κ3) is 1.94. The van der Waals surface area contributed by atoms with E-state index in [1.807, 2.05) is 47.0 Å². The Balaban J connectivity index is 2.01. The van der Waals surface area contributed by atoms with Crippen LogP contribution in [0, 0.1) is 4.77 Å². The molecule has 3 N–H and O–H groups in total. The molecule has 0 saturated carbocycles. The van der Waals surface area contributed by atoms with Crippen LogP contribution in [0.4, 0.5) is 5.69 Å². The molecule has 0 unspecified atom stereocenters. The van der Waals surface area contributed by atoms with Crippen LogP contribution in [0.25, 0.3) is 26.6 Å². The van der Waals surface area contributed by atoms with Crippen molar-refractivity contribution in [2.24, 2.45) is 0 Å². The van der Waals surface area contributed by atoms with Gasteiger partial charge in [0.2, 0.25) is 0 Å². The molecule has 0 aliphatic rings. The molecule has 7 heteroatoms. The summed E-state index contributed by atoms with van der Waals surface area (Å²) in [5, 5.41) is 8.16. The standard InChI is InChI=1S/C15H11N5S2/c16-11-10-7-4-8-17-14(10)22-12(11)13-18-19-15(21)20(13)9-5-2-1-3-6-9/h1-8H,16H2,(H,19,21). The first-order valence-corrected chi connectivity index (χ1v) is 7.84. The van der Waals surface area contributed by atoms with Crippen molar-refractivity contribution in [3.63, 3.8) is 0 Å². The Morgan fingerprint density at radius 2 is 1.95 bits per heavy atom. The van der Waals surface area contributed by atoms with Gasteiger partial charge >= 0.3 is 0 Å². The van der Waals surface area contributed by atoms with Gasteiger partial charge in [0, 0.05) is 17.3 Å². The molecule has 0 fully saturated rings. The number of thiophene rings is 1. The maximum Gasteiger partial charge on any atom is 0.200 e. The molecule has 4 rings (SSSR count). The Morgan fingerprint density at radius 3 is 2.73 bits per heavy atom. The van der Waals surface area contributed by atoms with Crippen molar-refractivity contribution in [3.05, 3.63) is 53.4 Å². The SMILES string of the molecule is Nc1c(-c2n[nH]c(=S)n2-c2ccccc2)sc2ncccc12. The Kier molecular flexibility index (Phi) is 3.02. The van der Waals surface area contributed by atoms with Gasteiger partial charge in [0.05, 0.1) is 10.6 Å². The van der Waals surface area contributed by atoms with Crippen molar-refractivity contribution < 1.29 is 0 Å². The van der Waals surface area contributed by atoms with Gasteiger partial charge in [-0.15, -0.1) is 11.3 Å². The van der Waals surface area contributed by atoms with E-state index in [-0.39, 0.29) is 0 Å². The quantitative estimate of drug-likeness (QED) is 0.550. The largest absolute Gasteiger partial charge is 0.397 e. The number of para-hydroxylation sites is 1. The average molecular weight is 325 g/mol. The second-order valence-electron chi connectivity index (χ2n) is 4.72. The number of benzene rings is 1. The molecular formula is C15H11N5S2. The van der Waals surface area contributed by atoms with E-state index in [1.165, 1.54) is 11.3 Å². The predicted octanol–water partition coefficient (Wildman–Crippen LogP) is 3.79. The maximum absolute atomic E-state index is 6.30. The number of fused-ring (bicyclic) bond motifs is 1. The predicted molar refractivity (Wildman–Crippen MR) is 91.8 cm³/mol. The third-order valence-corrected chi connectivity index (χ3v) is 4.79. The molecule has 3 aromatic heterocycles. The second kappa shape index (κ2) is 5.04. The van der Waals surface area contributed by atoms with E-state index < -0.39 is 0 Å². The number of hydrogen-bond donors (Lipinski definition) is 2. The molecule has 0 aliphatic heterocycles. The Bertz CT molecular complexity index is 1010. The number of aromatic amines is 1. The first kappa shape index (κ1) is 13.2. The Morgan fingerprint density at radius 1 is 1.14 bits per heavy atom. The van der Waals surface area contributed by atoms with E-state index in [4.69, 9.17) is 18.0 Å². The van der Waals surface area contributed by atoms with Crippen LogP contribution < -0.4 is 5.73 Å². The van der Waals surface area contributed by atoms with Crippen molar-refractivity contribution in [1.29, 1.82) is 0 Å². The highest BCUT2D eigenvalue weighted by atomic mass is 32.1. The number of anilines is 1. The summed E-state index contributed by atoms with van der Waals surface area (Å²) in [7, 11) is 0. The highest BCUT2D eigenvalue weighted by molar-refractivity contribution is 7.71. The Labute approximate surface area is 135 Å². The molecule has 108 valence electrons. The zero-order valence-electron chi connectivity index (χ0n) is 11.4. The zero-order valence-corrected chi connectivity index (χ0v) is 13.0. The van der Waals surface area contributed by atoms with E-state index in [1.54, 1.807) is 6.20 Å². The monoisotopic (exact) mass is 325 g/mol. The number of aromatic nitrogens is 4. The van der Waals surface area contributed by atoms with Gasteiger partial charge in [-0.2, -0.15) is 5.10 Å². The third-order valence-electron chi connectivity index (χ3n) is 3.39. The molecular weight excluding hydrogens is 314 g/mol. The summed E-state index contributed by atoms with van der Waals surface area (Å²) in [6.45, 7) is 0. The zero-order chi connectivity index (χ0) is 15.1. The molecule has 0 aliphatic carbocycles.